The minimum absolute atomic E-state index is 0.223. The summed E-state index contributed by atoms with van der Waals surface area (Å²) in [5, 5.41) is 3.09. The second kappa shape index (κ2) is 5.27. The van der Waals surface area contributed by atoms with Crippen molar-refractivity contribution in [1.29, 1.82) is 0 Å². The first-order chi connectivity index (χ1) is 7.88. The van der Waals surface area contributed by atoms with E-state index in [1.807, 2.05) is 6.92 Å². The van der Waals surface area contributed by atoms with E-state index in [2.05, 4.69) is 5.32 Å². The monoisotopic (exact) mass is 238 g/mol. The molecule has 0 aromatic heterocycles. The molecular formula is C13H19FN2O. The zero-order chi connectivity index (χ0) is 13.1. The summed E-state index contributed by atoms with van der Waals surface area (Å²) in [6, 6.07) is 6.33. The lowest BCUT2D eigenvalue weighted by molar-refractivity contribution is -0.123. The highest BCUT2D eigenvalue weighted by Gasteiger charge is 2.28. The molecule has 1 amide bonds. The third kappa shape index (κ3) is 3.27. The van der Waals surface area contributed by atoms with Crippen molar-refractivity contribution in [2.24, 2.45) is 5.73 Å². The van der Waals surface area contributed by atoms with Crippen LogP contribution in [0.5, 0.6) is 0 Å². The van der Waals surface area contributed by atoms with Crippen molar-refractivity contribution in [2.75, 3.05) is 0 Å². The maximum atomic E-state index is 13.6. The number of benzene rings is 1. The van der Waals surface area contributed by atoms with Crippen LogP contribution in [0.25, 0.3) is 0 Å². The smallest absolute Gasteiger partial charge is 0.237 e. The maximum Gasteiger partial charge on any atom is 0.237 e. The van der Waals surface area contributed by atoms with Gasteiger partial charge >= 0.3 is 0 Å². The summed E-state index contributed by atoms with van der Waals surface area (Å²) in [6.45, 7) is 5.32. The number of carbonyl (C=O) groups excluding carboxylic acids is 1. The van der Waals surface area contributed by atoms with E-state index < -0.39 is 11.4 Å². The second-order valence-corrected chi connectivity index (χ2v) is 4.62. The fraction of sp³-hybridized carbons (Fsp3) is 0.462. The van der Waals surface area contributed by atoms with Gasteiger partial charge in [-0.15, -0.1) is 0 Å². The highest BCUT2D eigenvalue weighted by Crippen LogP contribution is 2.22. The molecule has 0 saturated carbocycles. The summed E-state index contributed by atoms with van der Waals surface area (Å²) < 4.78 is 13.6. The van der Waals surface area contributed by atoms with E-state index in [0.29, 0.717) is 12.0 Å². The first-order valence-corrected chi connectivity index (χ1v) is 5.70. The van der Waals surface area contributed by atoms with E-state index in [9.17, 15) is 9.18 Å². The van der Waals surface area contributed by atoms with Crippen LogP contribution in [-0.2, 0) is 4.79 Å². The molecule has 1 rings (SSSR count). The van der Waals surface area contributed by atoms with Gasteiger partial charge in [-0.3, -0.25) is 10.1 Å². The summed E-state index contributed by atoms with van der Waals surface area (Å²) in [6.07, 6.45) is 0.678. The van der Waals surface area contributed by atoms with Crippen molar-refractivity contribution in [3.63, 3.8) is 0 Å². The molecule has 0 aliphatic rings. The molecule has 0 radical (unpaired) electrons. The summed E-state index contributed by atoms with van der Waals surface area (Å²) in [5.41, 5.74) is 5.00. The van der Waals surface area contributed by atoms with Crippen molar-refractivity contribution in [3.05, 3.63) is 35.6 Å². The number of carbonyl (C=O) groups is 1. The molecule has 1 unspecified atom stereocenters. The van der Waals surface area contributed by atoms with Gasteiger partial charge in [0.1, 0.15) is 5.82 Å². The van der Waals surface area contributed by atoms with Crippen LogP contribution in [0.15, 0.2) is 24.3 Å². The van der Waals surface area contributed by atoms with Gasteiger partial charge in [0.05, 0.1) is 5.54 Å². The Morgan fingerprint density at radius 3 is 2.53 bits per heavy atom. The standard InChI is InChI=1S/C13H19FN2O/c1-4-11(16-13(2,3)12(15)17)9-7-5-6-8-10(9)14/h5-8,11,16H,4H2,1-3H3,(H2,15,17). The predicted octanol–water partition coefficient (Wildman–Crippen LogP) is 2.13. The lowest BCUT2D eigenvalue weighted by Gasteiger charge is -2.29. The number of halogens is 1. The number of nitrogens with two attached hydrogens (primary N) is 1. The molecule has 4 heteroatoms. The van der Waals surface area contributed by atoms with Crippen molar-refractivity contribution in [2.45, 2.75) is 38.8 Å². The molecule has 1 atom stereocenters. The summed E-state index contributed by atoms with van der Waals surface area (Å²) in [4.78, 5) is 11.3. The van der Waals surface area contributed by atoms with E-state index in [1.165, 1.54) is 6.07 Å². The third-order valence-electron chi connectivity index (χ3n) is 2.84. The minimum Gasteiger partial charge on any atom is -0.368 e. The zero-order valence-corrected chi connectivity index (χ0v) is 10.5. The molecule has 0 aliphatic heterocycles. The van der Waals surface area contributed by atoms with Gasteiger partial charge in [0.2, 0.25) is 5.91 Å². The Balaban J connectivity index is 2.94. The van der Waals surface area contributed by atoms with Gasteiger partial charge < -0.3 is 5.73 Å². The molecule has 0 fully saturated rings. The molecule has 0 heterocycles. The summed E-state index contributed by atoms with van der Waals surface area (Å²) >= 11 is 0. The molecule has 0 aliphatic carbocycles. The van der Waals surface area contributed by atoms with Crippen LogP contribution in [0.4, 0.5) is 4.39 Å². The number of amides is 1. The molecule has 0 saturated heterocycles. The number of hydrogen-bond donors (Lipinski definition) is 2. The Kier molecular flexibility index (Phi) is 4.23. The van der Waals surface area contributed by atoms with E-state index in [-0.39, 0.29) is 11.9 Å². The fourth-order valence-electron chi connectivity index (χ4n) is 1.66. The van der Waals surface area contributed by atoms with Gasteiger partial charge in [0.25, 0.3) is 0 Å². The average molecular weight is 238 g/mol. The van der Waals surface area contributed by atoms with Crippen LogP contribution in [0.1, 0.15) is 38.8 Å². The SMILES string of the molecule is CCC(NC(C)(C)C(N)=O)c1ccccc1F. The normalized spacial score (nSPS) is 13.4. The van der Waals surface area contributed by atoms with Gasteiger partial charge in [0.15, 0.2) is 0 Å². The lowest BCUT2D eigenvalue weighted by Crippen LogP contribution is -2.51. The first-order valence-electron chi connectivity index (χ1n) is 5.70. The van der Waals surface area contributed by atoms with Crippen molar-refractivity contribution in [1.82, 2.24) is 5.32 Å². The third-order valence-corrected chi connectivity index (χ3v) is 2.84. The second-order valence-electron chi connectivity index (χ2n) is 4.62. The molecule has 1 aromatic carbocycles. The Labute approximate surface area is 101 Å². The molecule has 0 spiro atoms. The molecule has 94 valence electrons. The van der Waals surface area contributed by atoms with Gasteiger partial charge in [-0.1, -0.05) is 25.1 Å². The highest BCUT2D eigenvalue weighted by atomic mass is 19.1. The lowest BCUT2D eigenvalue weighted by atomic mass is 9.97. The van der Waals surface area contributed by atoms with Gasteiger partial charge in [-0.05, 0) is 26.3 Å². The first kappa shape index (κ1) is 13.6. The van der Waals surface area contributed by atoms with Crippen LogP contribution >= 0.6 is 0 Å². The van der Waals surface area contributed by atoms with Crippen LogP contribution in [-0.4, -0.2) is 11.4 Å². The average Bonchev–Trinajstić information content (AvgIpc) is 2.26. The predicted molar refractivity (Wildman–Crippen MR) is 65.8 cm³/mol. The summed E-state index contributed by atoms with van der Waals surface area (Å²) in [5.74, 6) is -0.723. The zero-order valence-electron chi connectivity index (χ0n) is 10.5. The van der Waals surface area contributed by atoms with Gasteiger partial charge in [0, 0.05) is 11.6 Å². The van der Waals surface area contributed by atoms with E-state index >= 15 is 0 Å². The fourth-order valence-corrected chi connectivity index (χ4v) is 1.66. The van der Waals surface area contributed by atoms with Crippen LogP contribution < -0.4 is 11.1 Å². The number of primary amides is 1. The number of nitrogens with one attached hydrogen (secondary N) is 1. The molecule has 3 N–H and O–H groups in total. The molecule has 0 bridgehead atoms. The molecule has 3 nitrogen and oxygen atoms in total. The van der Waals surface area contributed by atoms with Crippen LogP contribution in [0.3, 0.4) is 0 Å². The Hall–Kier alpha value is -1.42. The number of rotatable bonds is 5. The Bertz CT molecular complexity index is 404. The number of hydrogen-bond acceptors (Lipinski definition) is 2. The minimum atomic E-state index is -0.858. The van der Waals surface area contributed by atoms with Crippen molar-refractivity contribution in [3.8, 4) is 0 Å². The quantitative estimate of drug-likeness (QED) is 0.825. The largest absolute Gasteiger partial charge is 0.368 e. The Morgan fingerprint density at radius 1 is 1.47 bits per heavy atom. The van der Waals surface area contributed by atoms with Crippen molar-refractivity contribution < 1.29 is 9.18 Å². The van der Waals surface area contributed by atoms with Crippen molar-refractivity contribution >= 4 is 5.91 Å². The maximum absolute atomic E-state index is 13.6. The van der Waals surface area contributed by atoms with Crippen LogP contribution in [0.2, 0.25) is 0 Å². The molecular weight excluding hydrogens is 219 g/mol. The molecule has 1 aromatic rings. The summed E-state index contributed by atoms with van der Waals surface area (Å²) in [7, 11) is 0. The van der Waals surface area contributed by atoms with Gasteiger partial charge in [-0.25, -0.2) is 4.39 Å². The molecule has 17 heavy (non-hydrogen) atoms. The van der Waals surface area contributed by atoms with Crippen LogP contribution in [0, 0.1) is 5.82 Å². The van der Waals surface area contributed by atoms with Gasteiger partial charge in [-0.2, -0.15) is 0 Å². The highest BCUT2D eigenvalue weighted by molar-refractivity contribution is 5.83. The topological polar surface area (TPSA) is 55.1 Å². The van der Waals surface area contributed by atoms with E-state index in [1.54, 1.807) is 32.0 Å². The van der Waals surface area contributed by atoms with E-state index in [4.69, 9.17) is 5.73 Å². The Morgan fingerprint density at radius 2 is 2.06 bits per heavy atom. The van der Waals surface area contributed by atoms with E-state index in [0.717, 1.165) is 0 Å².